The highest BCUT2D eigenvalue weighted by Crippen LogP contribution is 2.61. The Labute approximate surface area is 165 Å². The van der Waals surface area contributed by atoms with Crippen LogP contribution in [0.2, 0.25) is 0 Å². The number of aromatic nitrogens is 3. The molecule has 4 saturated carbocycles. The van der Waals surface area contributed by atoms with E-state index >= 15 is 0 Å². The average Bonchev–Trinajstić information content (AvgIpc) is 2.66. The van der Waals surface area contributed by atoms with E-state index in [1.54, 1.807) is 24.7 Å². The molecule has 142 valence electrons. The monoisotopic (exact) mass is 372 g/mol. The predicted molar refractivity (Wildman–Crippen MR) is 105 cm³/mol. The van der Waals surface area contributed by atoms with Crippen molar-refractivity contribution in [2.45, 2.75) is 51.0 Å². The molecule has 0 aliphatic heterocycles. The van der Waals surface area contributed by atoms with Gasteiger partial charge in [-0.05, 0) is 75.3 Å². The summed E-state index contributed by atoms with van der Waals surface area (Å²) >= 11 is 0. The maximum atomic E-state index is 12.9. The van der Waals surface area contributed by atoms with Crippen LogP contribution in [0.3, 0.4) is 0 Å². The highest BCUT2D eigenvalue weighted by atomic mass is 16.2. The molecule has 5 nitrogen and oxygen atoms in total. The summed E-state index contributed by atoms with van der Waals surface area (Å²) < 4.78 is 0. The molecule has 5 heteroatoms. The second-order valence-electron chi connectivity index (χ2n) is 8.98. The summed E-state index contributed by atoms with van der Waals surface area (Å²) in [6.45, 7) is 1.92. The van der Waals surface area contributed by atoms with Crippen LogP contribution >= 0.6 is 0 Å². The second-order valence-corrected chi connectivity index (χ2v) is 8.98. The van der Waals surface area contributed by atoms with Crippen molar-refractivity contribution in [3.63, 3.8) is 0 Å². The van der Waals surface area contributed by atoms with E-state index < -0.39 is 0 Å². The van der Waals surface area contributed by atoms with Crippen molar-refractivity contribution in [3.8, 4) is 11.8 Å². The van der Waals surface area contributed by atoms with Crippen LogP contribution < -0.4 is 5.32 Å². The Kier molecular flexibility index (Phi) is 3.97. The summed E-state index contributed by atoms with van der Waals surface area (Å²) in [4.78, 5) is 25.8. The van der Waals surface area contributed by atoms with Gasteiger partial charge in [0.2, 0.25) is 0 Å². The van der Waals surface area contributed by atoms with E-state index in [0.717, 1.165) is 43.5 Å². The molecule has 2 heterocycles. The number of carbonyl (C=O) groups is 1. The number of aryl methyl sites for hydroxylation is 1. The van der Waals surface area contributed by atoms with Gasteiger partial charge >= 0.3 is 0 Å². The van der Waals surface area contributed by atoms with E-state index in [9.17, 15) is 4.79 Å². The van der Waals surface area contributed by atoms with Crippen LogP contribution in [-0.4, -0.2) is 26.4 Å². The zero-order valence-electron chi connectivity index (χ0n) is 16.1. The van der Waals surface area contributed by atoms with E-state index in [2.05, 4.69) is 32.1 Å². The van der Waals surface area contributed by atoms with Crippen LogP contribution in [-0.2, 0) is 0 Å². The van der Waals surface area contributed by atoms with Gasteiger partial charge in [0.25, 0.3) is 5.91 Å². The third-order valence-electron chi connectivity index (χ3n) is 6.58. The minimum absolute atomic E-state index is 0.0189. The zero-order chi connectivity index (χ0) is 19.2. The molecule has 2 unspecified atom stereocenters. The topological polar surface area (TPSA) is 67.8 Å². The maximum absolute atomic E-state index is 12.9. The van der Waals surface area contributed by atoms with Crippen molar-refractivity contribution in [3.05, 3.63) is 53.9 Å². The standard InChI is InChI=1S/C23H24N4O/c1-16-3-2-4-20(26-16)21(28)27-23-12-17-9-18(13-23)11-22(10-17,15-23)6-5-19-14-24-7-8-25-19/h2-4,7-8,14,17-18H,9-13,15H2,1H3,(H,27,28). The number of rotatable bonds is 2. The van der Waals surface area contributed by atoms with Gasteiger partial charge in [0.15, 0.2) is 0 Å². The molecule has 6 rings (SSSR count). The van der Waals surface area contributed by atoms with Gasteiger partial charge in [-0.3, -0.25) is 9.78 Å². The van der Waals surface area contributed by atoms with Crippen LogP contribution in [0.15, 0.2) is 36.8 Å². The van der Waals surface area contributed by atoms with E-state index in [-0.39, 0.29) is 16.9 Å². The summed E-state index contributed by atoms with van der Waals surface area (Å²) in [5.74, 6) is 8.06. The molecule has 2 aromatic heterocycles. The highest BCUT2D eigenvalue weighted by Gasteiger charge is 2.57. The Morgan fingerprint density at radius 3 is 2.71 bits per heavy atom. The smallest absolute Gasteiger partial charge is 0.270 e. The lowest BCUT2D eigenvalue weighted by molar-refractivity contribution is -0.0484. The Morgan fingerprint density at radius 1 is 1.18 bits per heavy atom. The fourth-order valence-electron chi connectivity index (χ4n) is 6.09. The second kappa shape index (κ2) is 6.41. The summed E-state index contributed by atoms with van der Waals surface area (Å²) in [5.41, 5.74) is 1.93. The van der Waals surface area contributed by atoms with Crippen LogP contribution in [0.4, 0.5) is 0 Å². The van der Waals surface area contributed by atoms with Crippen molar-refractivity contribution >= 4 is 5.91 Å². The van der Waals surface area contributed by atoms with Gasteiger partial charge in [0.05, 0.1) is 6.20 Å². The molecule has 2 atom stereocenters. The zero-order valence-corrected chi connectivity index (χ0v) is 16.1. The summed E-state index contributed by atoms with van der Waals surface area (Å²) in [5, 5.41) is 3.39. The molecule has 0 radical (unpaired) electrons. The van der Waals surface area contributed by atoms with Crippen LogP contribution in [0.1, 0.15) is 60.4 Å². The number of hydrogen-bond donors (Lipinski definition) is 1. The fraction of sp³-hybridized carbons (Fsp3) is 0.478. The Hall–Kier alpha value is -2.74. The van der Waals surface area contributed by atoms with Crippen molar-refractivity contribution in [1.29, 1.82) is 0 Å². The maximum Gasteiger partial charge on any atom is 0.270 e. The molecular weight excluding hydrogens is 348 g/mol. The fourth-order valence-corrected chi connectivity index (χ4v) is 6.09. The van der Waals surface area contributed by atoms with Gasteiger partial charge in [0.1, 0.15) is 11.4 Å². The largest absolute Gasteiger partial charge is 0.345 e. The average molecular weight is 372 g/mol. The number of carbonyl (C=O) groups excluding carboxylic acids is 1. The minimum atomic E-state index is -0.149. The van der Waals surface area contributed by atoms with E-state index in [1.807, 2.05) is 19.1 Å². The molecule has 28 heavy (non-hydrogen) atoms. The normalized spacial score (nSPS) is 32.5. The Morgan fingerprint density at radius 2 is 2.00 bits per heavy atom. The molecular formula is C23H24N4O. The summed E-state index contributed by atoms with van der Waals surface area (Å²) in [7, 11) is 0. The van der Waals surface area contributed by atoms with E-state index in [0.29, 0.717) is 17.5 Å². The molecule has 4 aliphatic carbocycles. The SMILES string of the molecule is Cc1cccc(C(=O)NC23CC4CC(CC(C#Cc5cnccn5)(C4)C2)C3)n1. The van der Waals surface area contributed by atoms with E-state index in [4.69, 9.17) is 0 Å². The number of pyridine rings is 1. The molecule has 0 aromatic carbocycles. The van der Waals surface area contributed by atoms with E-state index in [1.165, 1.54) is 6.42 Å². The molecule has 2 aromatic rings. The molecule has 0 spiro atoms. The Bertz CT molecular complexity index is 961. The van der Waals surface area contributed by atoms with Gasteiger partial charge in [-0.2, -0.15) is 0 Å². The minimum Gasteiger partial charge on any atom is -0.345 e. The van der Waals surface area contributed by atoms with Crippen molar-refractivity contribution in [2.75, 3.05) is 0 Å². The van der Waals surface area contributed by atoms with Crippen molar-refractivity contribution in [2.24, 2.45) is 17.3 Å². The van der Waals surface area contributed by atoms with Gasteiger partial charge in [-0.25, -0.2) is 9.97 Å². The van der Waals surface area contributed by atoms with Crippen LogP contribution in [0, 0.1) is 36.0 Å². The lowest BCUT2D eigenvalue weighted by atomic mass is 9.47. The van der Waals surface area contributed by atoms with Crippen molar-refractivity contribution < 1.29 is 4.79 Å². The van der Waals surface area contributed by atoms with Crippen molar-refractivity contribution in [1.82, 2.24) is 20.3 Å². The van der Waals surface area contributed by atoms with Crippen LogP contribution in [0.25, 0.3) is 0 Å². The predicted octanol–water partition coefficient (Wildman–Crippen LogP) is 3.30. The quantitative estimate of drug-likeness (QED) is 0.822. The van der Waals surface area contributed by atoms with Gasteiger partial charge in [-0.1, -0.05) is 12.0 Å². The molecule has 4 aliphatic rings. The summed E-state index contributed by atoms with van der Waals surface area (Å²) in [6, 6.07) is 5.61. The number of nitrogens with zero attached hydrogens (tertiary/aromatic N) is 3. The first kappa shape index (κ1) is 17.4. The lowest BCUT2D eigenvalue weighted by Gasteiger charge is -2.60. The third kappa shape index (κ3) is 3.17. The number of nitrogens with one attached hydrogen (secondary N) is 1. The molecule has 1 amide bonds. The molecule has 0 saturated heterocycles. The first-order valence-corrected chi connectivity index (χ1v) is 10.1. The first-order valence-electron chi connectivity index (χ1n) is 10.1. The van der Waals surface area contributed by atoms with Gasteiger partial charge < -0.3 is 5.32 Å². The van der Waals surface area contributed by atoms with Gasteiger partial charge in [-0.15, -0.1) is 0 Å². The molecule has 4 bridgehead atoms. The lowest BCUT2D eigenvalue weighted by Crippen LogP contribution is -2.63. The molecule has 4 fully saturated rings. The number of amides is 1. The molecule has 1 N–H and O–H groups in total. The first-order chi connectivity index (χ1) is 13.5. The number of hydrogen-bond acceptors (Lipinski definition) is 4. The van der Waals surface area contributed by atoms with Gasteiger partial charge in [0, 0.05) is 29.0 Å². The Balaban J connectivity index is 1.42. The highest BCUT2D eigenvalue weighted by molar-refractivity contribution is 5.92. The summed E-state index contributed by atoms with van der Waals surface area (Å²) in [6.07, 6.45) is 11.7. The third-order valence-corrected chi connectivity index (χ3v) is 6.58. The van der Waals surface area contributed by atoms with Crippen LogP contribution in [0.5, 0.6) is 0 Å².